The number of hydrogen-bond donors (Lipinski definition) is 1. The summed E-state index contributed by atoms with van der Waals surface area (Å²) in [7, 11) is 0. The third-order valence-electron chi connectivity index (χ3n) is 8.87. The molecule has 3 aliphatic rings. The van der Waals surface area contributed by atoms with Gasteiger partial charge in [-0.25, -0.2) is 4.39 Å². The maximum Gasteiger partial charge on any atom is 0.238 e. The predicted octanol–water partition coefficient (Wildman–Crippen LogP) is 6.38. The second-order valence-electron chi connectivity index (χ2n) is 11.1. The Morgan fingerprint density at radius 3 is 2.27 bits per heavy atom. The molecule has 41 heavy (non-hydrogen) atoms. The number of Topliss-reactive ketones (excluding diaryl/α,β-unsaturated/α-hetero) is 2. The van der Waals surface area contributed by atoms with Gasteiger partial charge in [-0.1, -0.05) is 66.2 Å². The molecule has 6 heteroatoms. The van der Waals surface area contributed by atoms with E-state index in [1.165, 1.54) is 24.3 Å². The van der Waals surface area contributed by atoms with Gasteiger partial charge >= 0.3 is 0 Å². The molecule has 5 nitrogen and oxygen atoms in total. The Bertz CT molecular complexity index is 1780. The van der Waals surface area contributed by atoms with Crippen molar-refractivity contribution in [1.82, 2.24) is 0 Å². The quantitative estimate of drug-likeness (QED) is 0.304. The molecule has 202 valence electrons. The van der Waals surface area contributed by atoms with Crippen LogP contribution in [0, 0.1) is 18.7 Å². The summed E-state index contributed by atoms with van der Waals surface area (Å²) in [6.45, 7) is 4.02. The van der Waals surface area contributed by atoms with Crippen LogP contribution in [0.5, 0.6) is 0 Å². The van der Waals surface area contributed by atoms with E-state index in [2.05, 4.69) is 11.4 Å². The Hall–Kier alpha value is -4.84. The van der Waals surface area contributed by atoms with Crippen molar-refractivity contribution in [2.45, 2.75) is 31.3 Å². The van der Waals surface area contributed by atoms with Gasteiger partial charge in [0.2, 0.25) is 5.91 Å². The highest BCUT2D eigenvalue weighted by molar-refractivity contribution is 6.18. The van der Waals surface area contributed by atoms with Gasteiger partial charge in [0.05, 0.1) is 12.0 Å². The molecule has 4 atom stereocenters. The minimum absolute atomic E-state index is 0.246. The fourth-order valence-electron chi connectivity index (χ4n) is 7.11. The zero-order valence-corrected chi connectivity index (χ0v) is 22.6. The molecule has 4 aromatic rings. The van der Waals surface area contributed by atoms with E-state index in [0.717, 1.165) is 22.4 Å². The zero-order valence-electron chi connectivity index (χ0n) is 22.6. The number of anilines is 2. The lowest BCUT2D eigenvalue weighted by atomic mass is 9.64. The van der Waals surface area contributed by atoms with Crippen molar-refractivity contribution in [1.29, 1.82) is 0 Å². The number of nitrogens with zero attached hydrogens (tertiary/aromatic N) is 1. The molecule has 1 fully saturated rings. The third kappa shape index (κ3) is 3.50. The van der Waals surface area contributed by atoms with Gasteiger partial charge in [0.15, 0.2) is 11.6 Å². The van der Waals surface area contributed by atoms with E-state index < -0.39 is 29.2 Å². The van der Waals surface area contributed by atoms with Crippen molar-refractivity contribution in [2.24, 2.45) is 5.92 Å². The van der Waals surface area contributed by atoms with E-state index in [9.17, 15) is 18.8 Å². The summed E-state index contributed by atoms with van der Waals surface area (Å²) >= 11 is 0. The molecule has 3 aliphatic heterocycles. The summed E-state index contributed by atoms with van der Waals surface area (Å²) in [5, 5.41) is 3.04. The first-order valence-corrected chi connectivity index (χ1v) is 13.7. The van der Waals surface area contributed by atoms with Gasteiger partial charge in [-0.15, -0.1) is 0 Å². The maximum atomic E-state index is 14.7. The van der Waals surface area contributed by atoms with Crippen molar-refractivity contribution >= 4 is 34.4 Å². The highest BCUT2D eigenvalue weighted by Crippen LogP contribution is 2.58. The van der Waals surface area contributed by atoms with Gasteiger partial charge in [-0.05, 0) is 67.4 Å². The molecule has 1 saturated heterocycles. The van der Waals surface area contributed by atoms with Crippen LogP contribution in [0.25, 0.3) is 5.57 Å². The average Bonchev–Trinajstić information content (AvgIpc) is 3.45. The number of allylic oxidation sites excluding steroid dienone is 1. The molecule has 4 aromatic carbocycles. The number of fused-ring (bicyclic) bond motifs is 6. The molecule has 1 N–H and O–H groups in total. The fourth-order valence-corrected chi connectivity index (χ4v) is 7.11. The van der Waals surface area contributed by atoms with Gasteiger partial charge in [-0.2, -0.15) is 0 Å². The molecule has 1 spiro atoms. The van der Waals surface area contributed by atoms with Crippen LogP contribution in [-0.4, -0.2) is 29.6 Å². The number of carbonyl (C=O) groups excluding carboxylic acids is 3. The van der Waals surface area contributed by atoms with E-state index >= 15 is 0 Å². The van der Waals surface area contributed by atoms with Crippen LogP contribution in [0.2, 0.25) is 0 Å². The molecule has 7 rings (SSSR count). The summed E-state index contributed by atoms with van der Waals surface area (Å²) in [5.74, 6) is -2.50. The van der Waals surface area contributed by atoms with E-state index in [4.69, 9.17) is 0 Å². The number of hydrogen-bond acceptors (Lipinski definition) is 4. The Balaban J connectivity index is 1.56. The highest BCUT2D eigenvalue weighted by Gasteiger charge is 2.70. The van der Waals surface area contributed by atoms with Crippen molar-refractivity contribution in [2.75, 3.05) is 10.2 Å². The molecular weight excluding hydrogens is 515 g/mol. The van der Waals surface area contributed by atoms with Gasteiger partial charge in [0.25, 0.3) is 0 Å². The molecule has 0 saturated carbocycles. The largest absolute Gasteiger partial charge is 0.352 e. The summed E-state index contributed by atoms with van der Waals surface area (Å²) < 4.78 is 13.9. The summed E-state index contributed by atoms with van der Waals surface area (Å²) in [4.78, 5) is 45.7. The number of rotatable bonds is 4. The van der Waals surface area contributed by atoms with Gasteiger partial charge < -0.3 is 10.2 Å². The first-order chi connectivity index (χ1) is 19.8. The Labute approximate surface area is 237 Å². The van der Waals surface area contributed by atoms with Crippen LogP contribution in [0.15, 0.2) is 103 Å². The lowest BCUT2D eigenvalue weighted by Gasteiger charge is -2.39. The average molecular weight is 543 g/mol. The zero-order chi connectivity index (χ0) is 28.5. The van der Waals surface area contributed by atoms with Gasteiger partial charge in [0, 0.05) is 28.1 Å². The lowest BCUT2D eigenvalue weighted by Crippen LogP contribution is -2.51. The fraction of sp³-hybridized carbons (Fsp3) is 0.171. The smallest absolute Gasteiger partial charge is 0.238 e. The van der Waals surface area contributed by atoms with Crippen LogP contribution in [-0.2, 0) is 10.2 Å². The predicted molar refractivity (Wildman–Crippen MR) is 157 cm³/mol. The Morgan fingerprint density at radius 1 is 0.829 bits per heavy atom. The molecule has 0 radical (unpaired) electrons. The first kappa shape index (κ1) is 25.1. The highest BCUT2D eigenvalue weighted by atomic mass is 19.1. The van der Waals surface area contributed by atoms with Crippen molar-refractivity contribution in [3.8, 4) is 0 Å². The van der Waals surface area contributed by atoms with E-state index in [1.807, 2.05) is 67.3 Å². The van der Waals surface area contributed by atoms with Gasteiger partial charge in [0.1, 0.15) is 17.3 Å². The number of amides is 1. The Kier molecular flexibility index (Phi) is 5.58. The number of ketones is 2. The standard InChI is InChI=1S/C35H27FN2O3/c1-20-12-17-28-25(18-20)21(2)19-29-35(26-10-6-7-11-27(26)37-34(35)41)30(32(39)23-13-15-24(36)16-14-23)31(38(28)29)33(40)22-8-4-3-5-9-22/h3-19,29-31H,1-2H3,(H,37,41)/t29-,30-,31+,35-/m1/s1. The number of halogens is 1. The van der Waals surface area contributed by atoms with E-state index in [0.29, 0.717) is 16.8 Å². The van der Waals surface area contributed by atoms with Crippen molar-refractivity contribution in [3.63, 3.8) is 0 Å². The van der Waals surface area contributed by atoms with Crippen LogP contribution in [0.3, 0.4) is 0 Å². The number of para-hydroxylation sites is 1. The maximum absolute atomic E-state index is 14.7. The second-order valence-corrected chi connectivity index (χ2v) is 11.1. The van der Waals surface area contributed by atoms with Crippen LogP contribution < -0.4 is 10.2 Å². The van der Waals surface area contributed by atoms with Crippen LogP contribution in [0.1, 0.15) is 44.3 Å². The Morgan fingerprint density at radius 2 is 1.51 bits per heavy atom. The number of aryl methyl sites for hydroxylation is 1. The summed E-state index contributed by atoms with van der Waals surface area (Å²) in [6, 6.07) is 26.1. The minimum atomic E-state index is -1.40. The minimum Gasteiger partial charge on any atom is -0.352 e. The normalized spacial score (nSPS) is 23.9. The van der Waals surface area contributed by atoms with Gasteiger partial charge in [-0.3, -0.25) is 14.4 Å². The summed E-state index contributed by atoms with van der Waals surface area (Å²) in [6.07, 6.45) is 2.03. The van der Waals surface area contributed by atoms with E-state index in [-0.39, 0.29) is 23.0 Å². The first-order valence-electron chi connectivity index (χ1n) is 13.7. The topological polar surface area (TPSA) is 66.5 Å². The van der Waals surface area contributed by atoms with Crippen LogP contribution in [0.4, 0.5) is 15.8 Å². The molecule has 0 aromatic heterocycles. The molecule has 0 unspecified atom stereocenters. The SMILES string of the molecule is CC1=C[C@H]2N(c3ccc(C)cc31)[C@H](C(=O)c1ccccc1)[C@H](C(=O)c1ccc(F)cc1)[C@]21C(=O)Nc2ccccc21. The van der Waals surface area contributed by atoms with Crippen molar-refractivity contribution < 1.29 is 18.8 Å². The second kappa shape index (κ2) is 9.10. The molecule has 3 heterocycles. The van der Waals surface area contributed by atoms with E-state index in [1.54, 1.807) is 24.3 Å². The third-order valence-corrected chi connectivity index (χ3v) is 8.87. The lowest BCUT2D eigenvalue weighted by molar-refractivity contribution is -0.121. The number of benzene rings is 4. The summed E-state index contributed by atoms with van der Waals surface area (Å²) in [5.41, 5.74) is 4.43. The molecule has 0 bridgehead atoms. The van der Waals surface area contributed by atoms with Crippen LogP contribution >= 0.6 is 0 Å². The molecular formula is C35H27FN2O3. The molecule has 0 aliphatic carbocycles. The monoisotopic (exact) mass is 542 g/mol. The molecule has 1 amide bonds. The van der Waals surface area contributed by atoms with Crippen molar-refractivity contribution in [3.05, 3.63) is 137 Å². The number of carbonyl (C=O) groups is 3. The number of nitrogens with one attached hydrogen (secondary N) is 1.